The second kappa shape index (κ2) is 6.54. The molecule has 1 N–H and O–H groups in total. The van der Waals surface area contributed by atoms with E-state index in [1.165, 1.54) is 6.92 Å². The Morgan fingerprint density at radius 3 is 2.55 bits per heavy atom. The Morgan fingerprint density at radius 2 is 2.05 bits per heavy atom. The van der Waals surface area contributed by atoms with Gasteiger partial charge in [0.15, 0.2) is 0 Å². The van der Waals surface area contributed by atoms with Crippen LogP contribution in [0, 0.1) is 18.7 Å². The monoisotopic (exact) mass is 321 g/mol. The molecule has 0 aliphatic rings. The van der Waals surface area contributed by atoms with E-state index >= 15 is 0 Å². The first-order chi connectivity index (χ1) is 9.16. The molecule has 0 bridgehead atoms. The van der Waals surface area contributed by atoms with E-state index in [1.54, 1.807) is 0 Å². The lowest BCUT2D eigenvalue weighted by Gasteiger charge is -2.13. The van der Waals surface area contributed by atoms with E-state index in [2.05, 4.69) is 5.32 Å². The first kappa shape index (κ1) is 16.9. The summed E-state index contributed by atoms with van der Waals surface area (Å²) in [4.78, 5) is 11.6. The van der Waals surface area contributed by atoms with E-state index in [9.17, 15) is 17.6 Å². The van der Waals surface area contributed by atoms with Crippen molar-refractivity contribution in [1.29, 1.82) is 0 Å². The van der Waals surface area contributed by atoms with Gasteiger partial charge in [0.2, 0.25) is 0 Å². The molecule has 0 radical (unpaired) electrons. The van der Waals surface area contributed by atoms with Crippen LogP contribution in [0.4, 0.5) is 4.39 Å². The lowest BCUT2D eigenvalue weighted by atomic mass is 10.1. The van der Waals surface area contributed by atoms with Crippen molar-refractivity contribution in [3.05, 3.63) is 29.1 Å². The van der Waals surface area contributed by atoms with Crippen molar-refractivity contribution in [2.75, 3.05) is 6.54 Å². The highest BCUT2D eigenvalue weighted by Crippen LogP contribution is 2.24. The van der Waals surface area contributed by atoms with Crippen LogP contribution >= 0.6 is 10.7 Å². The second-order valence-electron chi connectivity index (χ2n) is 4.74. The third-order valence-corrected chi connectivity index (χ3v) is 4.59. The molecule has 0 heterocycles. The van der Waals surface area contributed by atoms with E-state index in [0.29, 0.717) is 6.54 Å². The molecule has 1 aromatic rings. The third-order valence-electron chi connectivity index (χ3n) is 3.14. The molecule has 0 spiro atoms. The Morgan fingerprint density at radius 1 is 1.45 bits per heavy atom. The summed E-state index contributed by atoms with van der Waals surface area (Å²) in [6.45, 7) is 5.82. The number of rotatable bonds is 5. The van der Waals surface area contributed by atoms with Crippen LogP contribution in [0.5, 0.6) is 0 Å². The van der Waals surface area contributed by atoms with Gasteiger partial charge in [0.1, 0.15) is 5.82 Å². The topological polar surface area (TPSA) is 63.2 Å². The van der Waals surface area contributed by atoms with Crippen LogP contribution in [0.2, 0.25) is 0 Å². The molecule has 1 unspecified atom stereocenters. The summed E-state index contributed by atoms with van der Waals surface area (Å²) < 4.78 is 36.2. The Kier molecular flexibility index (Phi) is 5.53. The Bertz CT molecular complexity index is 616. The standard InChI is InChI=1S/C13H17ClFNO3S/c1-4-8(2)7-16-13(17)11-5-10(15)6-12(9(11)3)20(14,18)19/h5-6,8H,4,7H2,1-3H3,(H,16,17). The molecule has 4 nitrogen and oxygen atoms in total. The highest BCUT2D eigenvalue weighted by molar-refractivity contribution is 8.13. The highest BCUT2D eigenvalue weighted by atomic mass is 35.7. The van der Waals surface area contributed by atoms with Gasteiger partial charge in [0.25, 0.3) is 15.0 Å². The molecule has 7 heteroatoms. The molecule has 112 valence electrons. The smallest absolute Gasteiger partial charge is 0.261 e. The lowest BCUT2D eigenvalue weighted by Crippen LogP contribution is -2.29. The van der Waals surface area contributed by atoms with Crippen LogP contribution in [0.1, 0.15) is 36.2 Å². The van der Waals surface area contributed by atoms with Gasteiger partial charge < -0.3 is 5.32 Å². The maximum atomic E-state index is 13.5. The van der Waals surface area contributed by atoms with Crippen LogP contribution in [0.3, 0.4) is 0 Å². The summed E-state index contributed by atoms with van der Waals surface area (Å²) in [5.74, 6) is -1.04. The maximum absolute atomic E-state index is 13.5. The predicted octanol–water partition coefficient (Wildman–Crippen LogP) is 2.84. The number of amides is 1. The SMILES string of the molecule is CCC(C)CNC(=O)c1cc(F)cc(S(=O)(=O)Cl)c1C. The molecule has 20 heavy (non-hydrogen) atoms. The van der Waals surface area contributed by atoms with Crippen LogP contribution in [-0.2, 0) is 9.05 Å². The van der Waals surface area contributed by atoms with Crippen LogP contribution in [0.25, 0.3) is 0 Å². The van der Waals surface area contributed by atoms with Crippen molar-refractivity contribution in [2.45, 2.75) is 32.1 Å². The molecule has 0 fully saturated rings. The first-order valence-corrected chi connectivity index (χ1v) is 8.50. The molecule has 0 aliphatic carbocycles. The van der Waals surface area contributed by atoms with Gasteiger partial charge in [0.05, 0.1) is 4.90 Å². The Balaban J connectivity index is 3.13. The maximum Gasteiger partial charge on any atom is 0.261 e. The molecule has 1 amide bonds. The summed E-state index contributed by atoms with van der Waals surface area (Å²) in [6.07, 6.45) is 0.893. The molecule has 0 saturated heterocycles. The van der Waals surface area contributed by atoms with Gasteiger partial charge in [-0.1, -0.05) is 20.3 Å². The molecule has 0 aliphatic heterocycles. The normalized spacial score (nSPS) is 13.1. The third kappa shape index (κ3) is 4.18. The molecular weight excluding hydrogens is 305 g/mol. The van der Waals surface area contributed by atoms with Crippen molar-refractivity contribution in [3.63, 3.8) is 0 Å². The van der Waals surface area contributed by atoms with Gasteiger partial charge in [-0.15, -0.1) is 0 Å². The van der Waals surface area contributed by atoms with Crippen LogP contribution in [0.15, 0.2) is 17.0 Å². The summed E-state index contributed by atoms with van der Waals surface area (Å²) >= 11 is 0. The number of nitrogens with one attached hydrogen (secondary N) is 1. The van der Waals surface area contributed by atoms with Crippen molar-refractivity contribution < 1.29 is 17.6 Å². The quantitative estimate of drug-likeness (QED) is 0.848. The zero-order valence-corrected chi connectivity index (χ0v) is 13.1. The van der Waals surface area contributed by atoms with E-state index in [4.69, 9.17) is 10.7 Å². The minimum Gasteiger partial charge on any atom is -0.352 e. The lowest BCUT2D eigenvalue weighted by molar-refractivity contribution is 0.0946. The van der Waals surface area contributed by atoms with Crippen LogP contribution in [-0.4, -0.2) is 20.9 Å². The zero-order chi connectivity index (χ0) is 15.5. The average Bonchev–Trinajstić information content (AvgIpc) is 2.36. The highest BCUT2D eigenvalue weighted by Gasteiger charge is 2.21. The molecule has 1 atom stereocenters. The molecule has 1 rings (SSSR count). The van der Waals surface area contributed by atoms with E-state index in [1.807, 2.05) is 13.8 Å². The minimum absolute atomic E-state index is 0.0208. The van der Waals surface area contributed by atoms with Crippen molar-refractivity contribution >= 4 is 25.6 Å². The van der Waals surface area contributed by atoms with Gasteiger partial charge in [-0.25, -0.2) is 12.8 Å². The largest absolute Gasteiger partial charge is 0.352 e. The fourth-order valence-corrected chi connectivity index (χ4v) is 2.86. The average molecular weight is 322 g/mol. The molecular formula is C13H17ClFNO3S. The minimum atomic E-state index is -4.10. The van der Waals surface area contributed by atoms with Crippen LogP contribution < -0.4 is 5.32 Å². The summed E-state index contributed by atoms with van der Waals surface area (Å²) in [5.41, 5.74) is 0.121. The van der Waals surface area contributed by atoms with Crippen molar-refractivity contribution in [2.24, 2.45) is 5.92 Å². The molecule has 0 saturated carbocycles. The number of carbonyl (C=O) groups is 1. The fourth-order valence-electron chi connectivity index (χ4n) is 1.65. The van der Waals surface area contributed by atoms with E-state index in [0.717, 1.165) is 18.6 Å². The van der Waals surface area contributed by atoms with Crippen molar-refractivity contribution in [3.8, 4) is 0 Å². The van der Waals surface area contributed by atoms with Gasteiger partial charge in [-0.3, -0.25) is 4.79 Å². The number of hydrogen-bond acceptors (Lipinski definition) is 3. The molecule has 1 aromatic carbocycles. The fraction of sp³-hybridized carbons (Fsp3) is 0.462. The number of halogens is 2. The van der Waals surface area contributed by atoms with E-state index < -0.39 is 20.8 Å². The summed E-state index contributed by atoms with van der Waals surface area (Å²) in [7, 11) is 1.14. The van der Waals surface area contributed by atoms with Gasteiger partial charge in [0, 0.05) is 22.8 Å². The van der Waals surface area contributed by atoms with E-state index in [-0.39, 0.29) is 21.9 Å². The predicted molar refractivity (Wildman–Crippen MR) is 76.0 cm³/mol. The Hall–Kier alpha value is -1.14. The number of benzene rings is 1. The van der Waals surface area contributed by atoms with Gasteiger partial charge >= 0.3 is 0 Å². The Labute approximate surface area is 122 Å². The second-order valence-corrected chi connectivity index (χ2v) is 7.27. The van der Waals surface area contributed by atoms with Crippen molar-refractivity contribution in [1.82, 2.24) is 5.32 Å². The van der Waals surface area contributed by atoms with Gasteiger partial charge in [-0.2, -0.15) is 0 Å². The number of hydrogen-bond donors (Lipinski definition) is 1. The number of carbonyl (C=O) groups excluding carboxylic acids is 1. The first-order valence-electron chi connectivity index (χ1n) is 6.19. The summed E-state index contributed by atoms with van der Waals surface area (Å²) in [6, 6.07) is 1.82. The molecule has 0 aromatic heterocycles. The summed E-state index contributed by atoms with van der Waals surface area (Å²) in [5, 5.41) is 2.65. The van der Waals surface area contributed by atoms with Gasteiger partial charge in [-0.05, 0) is 30.5 Å². The zero-order valence-electron chi connectivity index (χ0n) is 11.5.